The topological polar surface area (TPSA) is 22.1 Å². The molecule has 108 valence electrons. The van der Waals surface area contributed by atoms with Crippen molar-refractivity contribution in [2.75, 3.05) is 0 Å². The fraction of sp³-hybridized carbons (Fsp3) is 0.278. The average Bonchev–Trinajstić information content (AvgIpc) is 2.82. The molecule has 0 saturated carbocycles. The van der Waals surface area contributed by atoms with E-state index in [1.165, 1.54) is 25.2 Å². The first-order chi connectivity index (χ1) is 10.0. The maximum absolute atomic E-state index is 6.07. The third-order valence-electron chi connectivity index (χ3n) is 3.41. The van der Waals surface area contributed by atoms with Gasteiger partial charge in [-0.25, -0.2) is 0 Å². The molecule has 0 saturated heterocycles. The van der Waals surface area contributed by atoms with Crippen LogP contribution in [0.25, 0.3) is 9.65 Å². The van der Waals surface area contributed by atoms with E-state index in [9.17, 15) is 0 Å². The molecule has 0 radical (unpaired) electrons. The Balaban J connectivity index is 2.03. The SMILES string of the molecule is Cc1cc(C)cc(Oc2nccc3[se]c(C(C)C)cc23)c1. The molecule has 3 rings (SSSR count). The molecule has 0 spiro atoms. The summed E-state index contributed by atoms with van der Waals surface area (Å²) in [5.41, 5.74) is 2.42. The molecule has 0 unspecified atom stereocenters. The Kier molecular flexibility index (Phi) is 3.88. The molecule has 21 heavy (non-hydrogen) atoms. The summed E-state index contributed by atoms with van der Waals surface area (Å²) in [6, 6.07) is 10.7. The summed E-state index contributed by atoms with van der Waals surface area (Å²) in [5, 5.41) is 1.17. The second-order valence-electron chi connectivity index (χ2n) is 5.76. The molecule has 3 aromatic rings. The van der Waals surface area contributed by atoms with Crippen LogP contribution < -0.4 is 4.74 Å². The van der Waals surface area contributed by atoms with Gasteiger partial charge in [0, 0.05) is 0 Å². The number of hydrogen-bond acceptors (Lipinski definition) is 2. The van der Waals surface area contributed by atoms with Crippen LogP contribution >= 0.6 is 0 Å². The van der Waals surface area contributed by atoms with Crippen LogP contribution in [0.3, 0.4) is 0 Å². The Morgan fingerprint density at radius 3 is 2.43 bits per heavy atom. The van der Waals surface area contributed by atoms with Gasteiger partial charge in [-0.1, -0.05) is 0 Å². The van der Waals surface area contributed by atoms with E-state index in [4.69, 9.17) is 4.74 Å². The molecule has 2 nitrogen and oxygen atoms in total. The van der Waals surface area contributed by atoms with Crippen molar-refractivity contribution in [2.24, 2.45) is 0 Å². The molecule has 0 aliphatic carbocycles. The van der Waals surface area contributed by atoms with Crippen LogP contribution in [0.15, 0.2) is 36.5 Å². The molecule has 0 aliphatic heterocycles. The Morgan fingerprint density at radius 2 is 1.76 bits per heavy atom. The van der Waals surface area contributed by atoms with E-state index in [1.807, 2.05) is 6.20 Å². The summed E-state index contributed by atoms with van der Waals surface area (Å²) in [7, 11) is 0. The maximum atomic E-state index is 6.07. The number of rotatable bonds is 3. The summed E-state index contributed by atoms with van der Waals surface area (Å²) in [5.74, 6) is 2.19. The molecular weight excluding hydrogens is 325 g/mol. The van der Waals surface area contributed by atoms with Gasteiger partial charge in [0.25, 0.3) is 0 Å². The van der Waals surface area contributed by atoms with Gasteiger partial charge in [0.1, 0.15) is 0 Å². The molecule has 0 aliphatic rings. The van der Waals surface area contributed by atoms with Crippen molar-refractivity contribution in [3.8, 4) is 11.6 Å². The van der Waals surface area contributed by atoms with Gasteiger partial charge in [0.2, 0.25) is 0 Å². The van der Waals surface area contributed by atoms with Gasteiger partial charge in [-0.3, -0.25) is 0 Å². The van der Waals surface area contributed by atoms with Gasteiger partial charge in [-0.05, 0) is 0 Å². The van der Waals surface area contributed by atoms with Crippen molar-refractivity contribution in [3.63, 3.8) is 0 Å². The number of pyridine rings is 1. The zero-order valence-corrected chi connectivity index (χ0v) is 14.5. The van der Waals surface area contributed by atoms with E-state index in [2.05, 4.69) is 63.0 Å². The first kappa shape index (κ1) is 14.4. The minimum atomic E-state index is 0.410. The van der Waals surface area contributed by atoms with Crippen LogP contribution in [-0.2, 0) is 0 Å². The molecule has 2 aromatic heterocycles. The Bertz CT molecular complexity index is 769. The molecular formula is C18H19NOSe. The quantitative estimate of drug-likeness (QED) is 0.635. The van der Waals surface area contributed by atoms with E-state index >= 15 is 0 Å². The molecule has 0 fully saturated rings. The van der Waals surface area contributed by atoms with Gasteiger partial charge < -0.3 is 0 Å². The Morgan fingerprint density at radius 1 is 1.05 bits per heavy atom. The number of benzene rings is 1. The normalized spacial score (nSPS) is 11.3. The van der Waals surface area contributed by atoms with Gasteiger partial charge in [0.05, 0.1) is 0 Å². The molecule has 0 N–H and O–H groups in total. The predicted octanol–water partition coefficient (Wildman–Crippen LogP) is 4.82. The summed E-state index contributed by atoms with van der Waals surface area (Å²) >= 11 is 0.410. The van der Waals surface area contributed by atoms with Gasteiger partial charge >= 0.3 is 131 Å². The van der Waals surface area contributed by atoms with Crippen LogP contribution in [-0.4, -0.2) is 19.5 Å². The van der Waals surface area contributed by atoms with E-state index in [1.54, 1.807) is 0 Å². The van der Waals surface area contributed by atoms with Gasteiger partial charge in [-0.2, -0.15) is 0 Å². The number of fused-ring (bicyclic) bond motifs is 1. The number of aryl methyl sites for hydroxylation is 2. The third-order valence-corrected chi connectivity index (χ3v) is 6.35. The second-order valence-corrected chi connectivity index (χ2v) is 8.10. The van der Waals surface area contributed by atoms with Crippen LogP contribution in [0.4, 0.5) is 0 Å². The molecule has 1 aromatic carbocycles. The number of hydrogen-bond donors (Lipinski definition) is 0. The average molecular weight is 344 g/mol. The van der Waals surface area contributed by atoms with Crippen LogP contribution in [0, 0.1) is 13.8 Å². The molecule has 0 amide bonds. The standard InChI is InChI=1S/C18H19NOSe/c1-11(2)17-10-15-16(21-17)5-6-19-18(15)20-14-8-12(3)7-13(4)9-14/h5-11H,1-4H3. The van der Waals surface area contributed by atoms with Crippen molar-refractivity contribution in [3.05, 3.63) is 52.1 Å². The second kappa shape index (κ2) is 5.67. The summed E-state index contributed by atoms with van der Waals surface area (Å²) in [4.78, 5) is 4.44. The molecule has 0 atom stereocenters. The van der Waals surface area contributed by atoms with E-state index in [0.717, 1.165) is 11.6 Å². The van der Waals surface area contributed by atoms with Crippen molar-refractivity contribution < 1.29 is 4.74 Å². The van der Waals surface area contributed by atoms with Crippen molar-refractivity contribution in [1.29, 1.82) is 0 Å². The fourth-order valence-corrected chi connectivity index (χ4v) is 4.63. The Hall–Kier alpha value is -1.57. The van der Waals surface area contributed by atoms with Crippen LogP contribution in [0.5, 0.6) is 11.6 Å². The molecule has 3 heteroatoms. The zero-order valence-electron chi connectivity index (χ0n) is 12.8. The van der Waals surface area contributed by atoms with Gasteiger partial charge in [-0.15, -0.1) is 0 Å². The first-order valence-corrected chi connectivity index (χ1v) is 8.89. The van der Waals surface area contributed by atoms with E-state index in [-0.39, 0.29) is 0 Å². The third kappa shape index (κ3) is 3.04. The minimum absolute atomic E-state index is 0.410. The number of ether oxygens (including phenoxy) is 1. The summed E-state index contributed by atoms with van der Waals surface area (Å²) < 4.78 is 8.95. The van der Waals surface area contributed by atoms with Crippen molar-refractivity contribution >= 4 is 24.1 Å². The summed E-state index contributed by atoms with van der Waals surface area (Å²) in [6.45, 7) is 8.67. The van der Waals surface area contributed by atoms with Crippen LogP contribution in [0.1, 0.15) is 35.3 Å². The van der Waals surface area contributed by atoms with Crippen LogP contribution in [0.2, 0.25) is 0 Å². The zero-order chi connectivity index (χ0) is 15.0. The molecule has 2 heterocycles. The van der Waals surface area contributed by atoms with Crippen molar-refractivity contribution in [2.45, 2.75) is 33.6 Å². The number of nitrogens with zero attached hydrogens (tertiary/aromatic N) is 1. The monoisotopic (exact) mass is 345 g/mol. The van der Waals surface area contributed by atoms with Crippen molar-refractivity contribution in [1.82, 2.24) is 4.98 Å². The number of aromatic nitrogens is 1. The van der Waals surface area contributed by atoms with Gasteiger partial charge in [0.15, 0.2) is 0 Å². The summed E-state index contributed by atoms with van der Waals surface area (Å²) in [6.07, 6.45) is 1.86. The van der Waals surface area contributed by atoms with E-state index < -0.39 is 0 Å². The first-order valence-electron chi connectivity index (χ1n) is 7.17. The Labute approximate surface area is 131 Å². The predicted molar refractivity (Wildman–Crippen MR) is 88.8 cm³/mol. The van der Waals surface area contributed by atoms with E-state index in [0.29, 0.717) is 20.4 Å². The molecule has 0 bridgehead atoms. The fourth-order valence-electron chi connectivity index (χ4n) is 2.43.